The molecule has 0 spiro atoms. The Bertz CT molecular complexity index is 558. The van der Waals surface area contributed by atoms with E-state index in [2.05, 4.69) is 20.7 Å². The zero-order valence-electron chi connectivity index (χ0n) is 11.0. The maximum absolute atomic E-state index is 12.2. The van der Waals surface area contributed by atoms with Crippen molar-refractivity contribution in [3.63, 3.8) is 0 Å². The Balaban J connectivity index is 2.03. The molecule has 2 rings (SSSR count). The molecule has 1 unspecified atom stereocenters. The average molecular weight is 340 g/mol. The lowest BCUT2D eigenvalue weighted by Gasteiger charge is -2.15. The molecule has 0 aromatic heterocycles. The number of carbonyl (C=O) groups is 3. The van der Waals surface area contributed by atoms with Gasteiger partial charge < -0.3 is 9.64 Å². The Hall–Kier alpha value is -1.69. The van der Waals surface area contributed by atoms with Gasteiger partial charge in [0, 0.05) is 11.0 Å². The number of halogens is 1. The van der Waals surface area contributed by atoms with Crippen LogP contribution < -0.4 is 0 Å². The lowest BCUT2D eigenvalue weighted by Crippen LogP contribution is -2.31. The van der Waals surface area contributed by atoms with Crippen LogP contribution in [0.1, 0.15) is 5.56 Å². The van der Waals surface area contributed by atoms with Crippen LogP contribution in [0.5, 0.6) is 0 Å². The Morgan fingerprint density at radius 1 is 1.40 bits per heavy atom. The highest BCUT2D eigenvalue weighted by atomic mass is 79.9. The minimum absolute atomic E-state index is 0.0247. The summed E-state index contributed by atoms with van der Waals surface area (Å²) in [6, 6.07) is 7.41. The minimum Gasteiger partial charge on any atom is -0.468 e. The lowest BCUT2D eigenvalue weighted by atomic mass is 10.1. The Morgan fingerprint density at radius 3 is 2.75 bits per heavy atom. The summed E-state index contributed by atoms with van der Waals surface area (Å²) in [4.78, 5) is 36.7. The summed E-state index contributed by atoms with van der Waals surface area (Å²) >= 11 is 3.38. The molecule has 0 N–H and O–H groups in total. The van der Waals surface area contributed by atoms with Crippen molar-refractivity contribution in [3.05, 3.63) is 34.3 Å². The molecule has 1 aliphatic heterocycles. The van der Waals surface area contributed by atoms with Gasteiger partial charge in [-0.05, 0) is 11.6 Å². The van der Waals surface area contributed by atoms with Gasteiger partial charge in [-0.25, -0.2) is 0 Å². The number of hydrogen-bond donors (Lipinski definition) is 0. The first-order valence-corrected chi connectivity index (χ1v) is 6.94. The number of hydrogen-bond acceptors (Lipinski definition) is 4. The summed E-state index contributed by atoms with van der Waals surface area (Å²) in [5, 5.41) is 0. The van der Waals surface area contributed by atoms with Gasteiger partial charge in [-0.1, -0.05) is 34.1 Å². The quantitative estimate of drug-likeness (QED) is 0.613. The van der Waals surface area contributed by atoms with E-state index in [0.717, 1.165) is 10.0 Å². The van der Waals surface area contributed by atoms with Gasteiger partial charge >= 0.3 is 5.97 Å². The van der Waals surface area contributed by atoms with E-state index in [4.69, 9.17) is 0 Å². The second kappa shape index (κ2) is 6.17. The molecule has 1 fully saturated rings. The third-order valence-electron chi connectivity index (χ3n) is 3.28. The van der Waals surface area contributed by atoms with E-state index in [1.807, 2.05) is 24.3 Å². The monoisotopic (exact) mass is 339 g/mol. The number of nitrogens with zero attached hydrogens (tertiary/aromatic N) is 1. The number of Topliss-reactive ketones (excluding diaryl/α,β-unsaturated/α-hetero) is 1. The summed E-state index contributed by atoms with van der Waals surface area (Å²) in [6.07, 6.45) is 0.197. The highest BCUT2D eigenvalue weighted by Gasteiger charge is 2.38. The number of amides is 1. The second-order valence-electron chi connectivity index (χ2n) is 4.58. The Kier molecular flexibility index (Phi) is 4.54. The molecule has 1 saturated heterocycles. The van der Waals surface area contributed by atoms with Crippen LogP contribution >= 0.6 is 15.9 Å². The largest absolute Gasteiger partial charge is 0.468 e. The fourth-order valence-electron chi connectivity index (χ4n) is 2.14. The molecule has 106 valence electrons. The van der Waals surface area contributed by atoms with Gasteiger partial charge in [0.05, 0.1) is 20.1 Å². The predicted molar refractivity (Wildman–Crippen MR) is 74.9 cm³/mol. The highest BCUT2D eigenvalue weighted by Crippen LogP contribution is 2.19. The normalized spacial score (nSPS) is 18.2. The first-order valence-electron chi connectivity index (χ1n) is 6.14. The van der Waals surface area contributed by atoms with Crippen molar-refractivity contribution in [2.45, 2.75) is 6.42 Å². The van der Waals surface area contributed by atoms with E-state index in [1.54, 1.807) is 0 Å². The summed E-state index contributed by atoms with van der Waals surface area (Å²) in [5.74, 6) is -1.86. The predicted octanol–water partition coefficient (Wildman–Crippen LogP) is 1.19. The van der Waals surface area contributed by atoms with E-state index >= 15 is 0 Å². The fraction of sp³-hybridized carbons (Fsp3) is 0.357. The summed E-state index contributed by atoms with van der Waals surface area (Å²) in [5.41, 5.74) is 0.853. The molecular weight excluding hydrogens is 326 g/mol. The number of methoxy groups -OCH3 is 1. The first kappa shape index (κ1) is 14.7. The van der Waals surface area contributed by atoms with E-state index in [1.165, 1.54) is 12.0 Å². The molecule has 0 bridgehead atoms. The first-order chi connectivity index (χ1) is 9.52. The molecule has 1 aliphatic rings. The van der Waals surface area contributed by atoms with Crippen LogP contribution in [-0.2, 0) is 25.5 Å². The third kappa shape index (κ3) is 3.07. The van der Waals surface area contributed by atoms with Crippen LogP contribution in [0.2, 0.25) is 0 Å². The van der Waals surface area contributed by atoms with Crippen LogP contribution in [-0.4, -0.2) is 42.8 Å². The fourth-order valence-corrected chi connectivity index (χ4v) is 2.56. The van der Waals surface area contributed by atoms with Crippen LogP contribution in [0.4, 0.5) is 0 Å². The number of carbonyl (C=O) groups excluding carboxylic acids is 3. The van der Waals surface area contributed by atoms with Gasteiger partial charge in [-0.2, -0.15) is 0 Å². The van der Waals surface area contributed by atoms with Gasteiger partial charge in [-0.15, -0.1) is 0 Å². The minimum atomic E-state index is -0.844. The van der Waals surface area contributed by atoms with Gasteiger partial charge in [-0.3, -0.25) is 14.4 Å². The number of benzene rings is 1. The summed E-state index contributed by atoms with van der Waals surface area (Å²) < 4.78 is 5.42. The van der Waals surface area contributed by atoms with Gasteiger partial charge in [0.15, 0.2) is 5.78 Å². The molecule has 0 radical (unpaired) electrons. The van der Waals surface area contributed by atoms with Gasteiger partial charge in [0.2, 0.25) is 5.91 Å². The molecule has 0 aliphatic carbocycles. The summed E-state index contributed by atoms with van der Waals surface area (Å²) in [7, 11) is 1.24. The Morgan fingerprint density at radius 2 is 2.10 bits per heavy atom. The lowest BCUT2D eigenvalue weighted by molar-refractivity contribution is -0.147. The van der Waals surface area contributed by atoms with Crippen LogP contribution in [0.3, 0.4) is 0 Å². The van der Waals surface area contributed by atoms with Gasteiger partial charge in [0.1, 0.15) is 5.92 Å². The number of rotatable bonds is 3. The van der Waals surface area contributed by atoms with E-state index in [9.17, 15) is 14.4 Å². The zero-order valence-corrected chi connectivity index (χ0v) is 12.6. The topological polar surface area (TPSA) is 63.7 Å². The third-order valence-corrected chi connectivity index (χ3v) is 4.05. The molecular formula is C14H14BrNO4. The molecule has 0 saturated carbocycles. The van der Waals surface area contributed by atoms with E-state index in [0.29, 0.717) is 0 Å². The highest BCUT2D eigenvalue weighted by molar-refractivity contribution is 9.10. The maximum atomic E-state index is 12.2. The van der Waals surface area contributed by atoms with Crippen molar-refractivity contribution in [1.29, 1.82) is 0 Å². The smallest absolute Gasteiger partial charge is 0.318 e. The molecule has 1 heterocycles. The zero-order chi connectivity index (χ0) is 14.7. The van der Waals surface area contributed by atoms with Crippen LogP contribution in [0.25, 0.3) is 0 Å². The van der Waals surface area contributed by atoms with Crippen molar-refractivity contribution < 1.29 is 19.1 Å². The molecule has 20 heavy (non-hydrogen) atoms. The number of ether oxygens (including phenoxy) is 1. The average Bonchev–Trinajstić information content (AvgIpc) is 2.82. The van der Waals surface area contributed by atoms with E-state index in [-0.39, 0.29) is 31.2 Å². The van der Waals surface area contributed by atoms with Crippen molar-refractivity contribution >= 4 is 33.6 Å². The molecule has 1 aromatic carbocycles. The van der Waals surface area contributed by atoms with Crippen molar-refractivity contribution in [3.8, 4) is 0 Å². The van der Waals surface area contributed by atoms with Crippen LogP contribution in [0, 0.1) is 5.92 Å². The molecule has 5 nitrogen and oxygen atoms in total. The molecule has 1 amide bonds. The van der Waals surface area contributed by atoms with E-state index < -0.39 is 11.9 Å². The molecule has 1 aromatic rings. The molecule has 6 heteroatoms. The second-order valence-corrected chi connectivity index (χ2v) is 5.44. The molecule has 1 atom stereocenters. The number of likely N-dealkylation sites (tertiary alicyclic amines) is 1. The maximum Gasteiger partial charge on any atom is 0.318 e. The van der Waals surface area contributed by atoms with Crippen molar-refractivity contribution in [1.82, 2.24) is 4.90 Å². The van der Waals surface area contributed by atoms with Crippen molar-refractivity contribution in [2.24, 2.45) is 5.92 Å². The summed E-state index contributed by atoms with van der Waals surface area (Å²) in [6.45, 7) is 0.0812. The number of esters is 1. The van der Waals surface area contributed by atoms with Crippen LogP contribution in [0.15, 0.2) is 28.7 Å². The van der Waals surface area contributed by atoms with Crippen molar-refractivity contribution in [2.75, 3.05) is 20.2 Å². The number of ketones is 1. The standard InChI is InChI=1S/C14H14BrNO4/c1-20-14(19)10-7-16(8-12(10)17)13(18)6-9-4-2-3-5-11(9)15/h2-5,10H,6-8H2,1H3. The van der Waals surface area contributed by atoms with Gasteiger partial charge in [0.25, 0.3) is 0 Å². The SMILES string of the molecule is COC(=O)C1CN(C(=O)Cc2ccccc2Br)CC1=O. The Labute approximate surface area is 125 Å².